The molecule has 0 aliphatic rings. The minimum Gasteiger partial charge on any atom is -0.493 e. The third-order valence-corrected chi connectivity index (χ3v) is 3.74. The van der Waals surface area contributed by atoms with Gasteiger partial charge in [0.1, 0.15) is 0 Å². The molecule has 2 aromatic carbocycles. The number of ether oxygens (including phenoxy) is 2. The lowest BCUT2D eigenvalue weighted by molar-refractivity contribution is 0.101. The number of amides is 1. The normalized spacial score (nSPS) is 10.0. The molecule has 0 spiro atoms. The van der Waals surface area contributed by atoms with Crippen molar-refractivity contribution >= 4 is 17.4 Å². The summed E-state index contributed by atoms with van der Waals surface area (Å²) in [5, 5.41) is 2.78. The van der Waals surface area contributed by atoms with E-state index < -0.39 is 0 Å². The quantitative estimate of drug-likeness (QED) is 0.614. The standard InChI is InChI=1S/C20H21NO4/c1-5-8-14-11-15(12-18(24-3)19(14)25-4)20(23)21-17-10-7-6-9-16(17)13(2)22/h5-7,9-12H,1,8H2,2-4H3,(H,21,23). The van der Waals surface area contributed by atoms with E-state index in [1.54, 1.807) is 49.6 Å². The van der Waals surface area contributed by atoms with Crippen LogP contribution in [0, 0.1) is 0 Å². The molecule has 5 heteroatoms. The molecule has 0 radical (unpaired) electrons. The number of rotatable bonds is 7. The van der Waals surface area contributed by atoms with Crippen molar-refractivity contribution in [2.45, 2.75) is 13.3 Å². The molecule has 0 saturated heterocycles. The fraction of sp³-hybridized carbons (Fsp3) is 0.200. The maximum absolute atomic E-state index is 12.7. The summed E-state index contributed by atoms with van der Waals surface area (Å²) < 4.78 is 10.7. The van der Waals surface area contributed by atoms with Gasteiger partial charge in [-0.05, 0) is 37.6 Å². The van der Waals surface area contributed by atoms with Crippen molar-refractivity contribution < 1.29 is 19.1 Å². The van der Waals surface area contributed by atoms with Crippen LogP contribution in [-0.4, -0.2) is 25.9 Å². The van der Waals surface area contributed by atoms with Gasteiger partial charge in [-0.3, -0.25) is 9.59 Å². The lowest BCUT2D eigenvalue weighted by Gasteiger charge is -2.15. The van der Waals surface area contributed by atoms with Crippen LogP contribution in [0.25, 0.3) is 0 Å². The van der Waals surface area contributed by atoms with Gasteiger partial charge in [0.05, 0.1) is 19.9 Å². The Hall–Kier alpha value is -3.08. The van der Waals surface area contributed by atoms with Gasteiger partial charge in [-0.2, -0.15) is 0 Å². The summed E-state index contributed by atoms with van der Waals surface area (Å²) in [5.41, 5.74) is 2.14. The summed E-state index contributed by atoms with van der Waals surface area (Å²) in [6.45, 7) is 5.19. The molecule has 2 aromatic rings. The van der Waals surface area contributed by atoms with Crippen molar-refractivity contribution in [3.05, 3.63) is 65.7 Å². The zero-order chi connectivity index (χ0) is 18.4. The largest absolute Gasteiger partial charge is 0.493 e. The first kappa shape index (κ1) is 18.3. The van der Waals surface area contributed by atoms with Crippen LogP contribution in [0.2, 0.25) is 0 Å². The fourth-order valence-electron chi connectivity index (χ4n) is 2.58. The summed E-state index contributed by atoms with van der Waals surface area (Å²) in [6, 6.07) is 10.2. The Morgan fingerprint density at radius 1 is 1.16 bits per heavy atom. The van der Waals surface area contributed by atoms with Gasteiger partial charge in [-0.15, -0.1) is 6.58 Å². The zero-order valence-electron chi connectivity index (χ0n) is 14.6. The van der Waals surface area contributed by atoms with Gasteiger partial charge in [-0.1, -0.05) is 18.2 Å². The highest BCUT2D eigenvalue weighted by atomic mass is 16.5. The van der Waals surface area contributed by atoms with Gasteiger partial charge >= 0.3 is 0 Å². The average molecular weight is 339 g/mol. The summed E-state index contributed by atoms with van der Waals surface area (Å²) in [6.07, 6.45) is 2.26. The van der Waals surface area contributed by atoms with Crippen LogP contribution in [0.1, 0.15) is 33.2 Å². The van der Waals surface area contributed by atoms with Crippen LogP contribution in [-0.2, 0) is 6.42 Å². The van der Waals surface area contributed by atoms with Crippen molar-refractivity contribution in [3.8, 4) is 11.5 Å². The number of benzene rings is 2. The Morgan fingerprint density at radius 2 is 1.88 bits per heavy atom. The molecular formula is C20H21NO4. The van der Waals surface area contributed by atoms with Gasteiger partial charge < -0.3 is 14.8 Å². The highest BCUT2D eigenvalue weighted by molar-refractivity contribution is 6.09. The lowest BCUT2D eigenvalue weighted by atomic mass is 10.0. The third-order valence-electron chi connectivity index (χ3n) is 3.74. The highest BCUT2D eigenvalue weighted by Crippen LogP contribution is 2.33. The van der Waals surface area contributed by atoms with Crippen LogP contribution in [0.3, 0.4) is 0 Å². The van der Waals surface area contributed by atoms with E-state index in [9.17, 15) is 9.59 Å². The molecule has 0 unspecified atom stereocenters. The summed E-state index contributed by atoms with van der Waals surface area (Å²) in [7, 11) is 3.07. The van der Waals surface area contributed by atoms with E-state index in [4.69, 9.17) is 9.47 Å². The molecule has 0 heterocycles. The second-order valence-electron chi connectivity index (χ2n) is 5.42. The van der Waals surface area contributed by atoms with Gasteiger partial charge in [0.25, 0.3) is 5.91 Å². The molecule has 130 valence electrons. The molecule has 25 heavy (non-hydrogen) atoms. The van der Waals surface area contributed by atoms with Crippen LogP contribution in [0.4, 0.5) is 5.69 Å². The van der Waals surface area contributed by atoms with E-state index in [0.29, 0.717) is 34.7 Å². The van der Waals surface area contributed by atoms with E-state index in [-0.39, 0.29) is 11.7 Å². The number of hydrogen-bond donors (Lipinski definition) is 1. The van der Waals surface area contributed by atoms with E-state index in [0.717, 1.165) is 5.56 Å². The molecule has 0 atom stereocenters. The average Bonchev–Trinajstić information content (AvgIpc) is 2.61. The topological polar surface area (TPSA) is 64.6 Å². The highest BCUT2D eigenvalue weighted by Gasteiger charge is 2.17. The van der Waals surface area contributed by atoms with Crippen molar-refractivity contribution in [2.75, 3.05) is 19.5 Å². The van der Waals surface area contributed by atoms with E-state index >= 15 is 0 Å². The maximum atomic E-state index is 12.7. The first-order valence-corrected chi connectivity index (χ1v) is 7.79. The summed E-state index contributed by atoms with van der Waals surface area (Å²) in [5.74, 6) is 0.588. The maximum Gasteiger partial charge on any atom is 0.255 e. The van der Waals surface area contributed by atoms with Crippen molar-refractivity contribution in [2.24, 2.45) is 0 Å². The Morgan fingerprint density at radius 3 is 2.48 bits per heavy atom. The van der Waals surface area contributed by atoms with Crippen molar-refractivity contribution in [1.82, 2.24) is 0 Å². The molecule has 2 rings (SSSR count). The predicted octanol–water partition coefficient (Wildman–Crippen LogP) is 3.89. The first-order chi connectivity index (χ1) is 12.0. The van der Waals surface area contributed by atoms with E-state index in [1.807, 2.05) is 0 Å². The number of para-hydroxylation sites is 1. The Kier molecular flexibility index (Phi) is 5.95. The smallest absolute Gasteiger partial charge is 0.255 e. The minimum atomic E-state index is -0.333. The first-order valence-electron chi connectivity index (χ1n) is 7.79. The molecule has 0 fully saturated rings. The number of anilines is 1. The van der Waals surface area contributed by atoms with Crippen LogP contribution in [0.15, 0.2) is 49.1 Å². The number of methoxy groups -OCH3 is 2. The number of carbonyl (C=O) groups is 2. The number of hydrogen-bond acceptors (Lipinski definition) is 4. The molecule has 0 aromatic heterocycles. The second kappa shape index (κ2) is 8.15. The molecular weight excluding hydrogens is 318 g/mol. The number of Topliss-reactive ketones (excluding diaryl/α,β-unsaturated/α-hetero) is 1. The zero-order valence-corrected chi connectivity index (χ0v) is 14.6. The minimum absolute atomic E-state index is 0.115. The monoisotopic (exact) mass is 339 g/mol. The Balaban J connectivity index is 2.41. The van der Waals surface area contributed by atoms with Gasteiger partial charge in [0.2, 0.25) is 0 Å². The van der Waals surface area contributed by atoms with Crippen molar-refractivity contribution in [3.63, 3.8) is 0 Å². The van der Waals surface area contributed by atoms with Gasteiger partial charge in [-0.25, -0.2) is 0 Å². The molecule has 0 aliphatic carbocycles. The predicted molar refractivity (Wildman–Crippen MR) is 97.8 cm³/mol. The Labute approximate surface area is 147 Å². The van der Waals surface area contributed by atoms with Crippen molar-refractivity contribution in [1.29, 1.82) is 0 Å². The van der Waals surface area contributed by atoms with Crippen LogP contribution in [0.5, 0.6) is 11.5 Å². The van der Waals surface area contributed by atoms with Crippen LogP contribution >= 0.6 is 0 Å². The van der Waals surface area contributed by atoms with E-state index in [2.05, 4.69) is 11.9 Å². The summed E-state index contributed by atoms with van der Waals surface area (Å²) >= 11 is 0. The molecule has 0 bridgehead atoms. The number of allylic oxidation sites excluding steroid dienone is 1. The Bertz CT molecular complexity index is 811. The number of ketones is 1. The molecule has 0 saturated carbocycles. The SMILES string of the molecule is C=CCc1cc(C(=O)Nc2ccccc2C(C)=O)cc(OC)c1OC. The third kappa shape index (κ3) is 4.07. The molecule has 1 N–H and O–H groups in total. The molecule has 1 amide bonds. The van der Waals surface area contributed by atoms with E-state index in [1.165, 1.54) is 14.0 Å². The number of carbonyl (C=O) groups excluding carboxylic acids is 2. The lowest BCUT2D eigenvalue weighted by Crippen LogP contribution is -2.15. The van der Waals surface area contributed by atoms with Gasteiger partial charge in [0.15, 0.2) is 17.3 Å². The fourth-order valence-corrected chi connectivity index (χ4v) is 2.58. The van der Waals surface area contributed by atoms with Gasteiger partial charge in [0, 0.05) is 16.7 Å². The number of nitrogens with one attached hydrogen (secondary N) is 1. The summed E-state index contributed by atoms with van der Waals surface area (Å²) in [4.78, 5) is 24.4. The van der Waals surface area contributed by atoms with Crippen LogP contribution < -0.4 is 14.8 Å². The molecule has 0 aliphatic heterocycles. The molecule has 5 nitrogen and oxygen atoms in total. The second-order valence-corrected chi connectivity index (χ2v) is 5.42.